The van der Waals surface area contributed by atoms with E-state index in [-0.39, 0.29) is 19.6 Å². The molecular weight excluding hydrogens is 677 g/mol. The second kappa shape index (κ2) is 35.2. The van der Waals surface area contributed by atoms with Crippen molar-refractivity contribution in [1.82, 2.24) is 0 Å². The van der Waals surface area contributed by atoms with E-state index in [0.29, 0.717) is 17.4 Å². The Balaban J connectivity index is 4.45. The molecule has 0 saturated heterocycles. The maximum absolute atomic E-state index is 12.6. The molecule has 0 aromatic carbocycles. The Morgan fingerprint density at radius 1 is 0.615 bits per heavy atom. The summed E-state index contributed by atoms with van der Waals surface area (Å²) in [5.41, 5.74) is 0. The van der Waals surface area contributed by atoms with Crippen LogP contribution in [0.2, 0.25) is 0 Å². The van der Waals surface area contributed by atoms with Gasteiger partial charge in [0.2, 0.25) is 0 Å². The number of rotatable bonds is 38. The van der Waals surface area contributed by atoms with Crippen molar-refractivity contribution >= 4 is 19.8 Å². The lowest BCUT2D eigenvalue weighted by Crippen LogP contribution is -2.37. The summed E-state index contributed by atoms with van der Waals surface area (Å²) in [6, 6.07) is 0. The first kappa shape index (κ1) is 50.5. The van der Waals surface area contributed by atoms with Crippen LogP contribution in [0.3, 0.4) is 0 Å². The van der Waals surface area contributed by atoms with Crippen LogP contribution < -0.4 is 4.89 Å². The van der Waals surface area contributed by atoms with E-state index in [9.17, 15) is 19.0 Å². The van der Waals surface area contributed by atoms with Crippen molar-refractivity contribution in [3.63, 3.8) is 0 Å². The van der Waals surface area contributed by atoms with Crippen LogP contribution >= 0.6 is 7.82 Å². The first-order valence-electron chi connectivity index (χ1n) is 21.1. The first-order chi connectivity index (χ1) is 25.0. The smallest absolute Gasteiger partial charge is 0.330 e. The van der Waals surface area contributed by atoms with Gasteiger partial charge in [0, 0.05) is 12.5 Å². The summed E-state index contributed by atoms with van der Waals surface area (Å²) in [5.74, 6) is -1.04. The number of carbonyl (C=O) groups is 2. The quantitative estimate of drug-likeness (QED) is 0.0153. The molecule has 9 nitrogen and oxygen atoms in total. The first-order valence-corrected chi connectivity index (χ1v) is 22.5. The van der Waals surface area contributed by atoms with Gasteiger partial charge in [-0.15, -0.1) is 0 Å². The molecule has 52 heavy (non-hydrogen) atoms. The Morgan fingerprint density at radius 3 is 1.54 bits per heavy atom. The number of allylic oxidation sites excluding steroid dienone is 3. The molecule has 0 bridgehead atoms. The van der Waals surface area contributed by atoms with E-state index in [0.717, 1.165) is 51.4 Å². The summed E-state index contributed by atoms with van der Waals surface area (Å²) in [6.45, 7) is 4.12. The summed E-state index contributed by atoms with van der Waals surface area (Å²) >= 11 is 0. The summed E-state index contributed by atoms with van der Waals surface area (Å²) in [5, 5.41) is 0. The highest BCUT2D eigenvalue weighted by molar-refractivity contribution is 7.45. The fourth-order valence-corrected chi connectivity index (χ4v) is 6.40. The minimum Gasteiger partial charge on any atom is -0.756 e. The molecule has 0 fully saturated rings. The van der Waals surface area contributed by atoms with Gasteiger partial charge in [-0.05, 0) is 44.9 Å². The summed E-state index contributed by atoms with van der Waals surface area (Å²) in [7, 11) is 1.14. The molecule has 0 aromatic heterocycles. The average Bonchev–Trinajstić information content (AvgIpc) is 3.09. The van der Waals surface area contributed by atoms with E-state index in [1.54, 1.807) is 6.08 Å². The number of hydrogen-bond donors (Lipinski definition) is 0. The van der Waals surface area contributed by atoms with E-state index >= 15 is 0 Å². The molecule has 0 N–H and O–H groups in total. The van der Waals surface area contributed by atoms with E-state index in [2.05, 4.69) is 26.0 Å². The van der Waals surface area contributed by atoms with Gasteiger partial charge in [-0.1, -0.05) is 148 Å². The zero-order chi connectivity index (χ0) is 38.6. The highest BCUT2D eigenvalue weighted by Gasteiger charge is 2.21. The van der Waals surface area contributed by atoms with Crippen LogP contribution in [-0.2, 0) is 32.7 Å². The fraction of sp³-hybridized carbons (Fsp3) is 0.857. The normalized spacial score (nSPS) is 13.9. The number of phosphoric ester groups is 1. The number of ether oxygens (including phenoxy) is 2. The van der Waals surface area contributed by atoms with Gasteiger partial charge < -0.3 is 27.9 Å². The molecule has 0 aliphatic carbocycles. The Kier molecular flexibility index (Phi) is 34.2. The maximum Gasteiger partial charge on any atom is 0.330 e. The van der Waals surface area contributed by atoms with Crippen LogP contribution in [0.15, 0.2) is 24.3 Å². The fourth-order valence-electron chi connectivity index (χ4n) is 5.67. The molecule has 10 heteroatoms. The molecule has 306 valence electrons. The van der Waals surface area contributed by atoms with Crippen molar-refractivity contribution in [1.29, 1.82) is 0 Å². The highest BCUT2D eigenvalue weighted by Crippen LogP contribution is 2.38. The monoisotopic (exact) mass is 758 g/mol. The lowest BCUT2D eigenvalue weighted by Gasteiger charge is -2.28. The molecule has 0 aromatic rings. The summed E-state index contributed by atoms with van der Waals surface area (Å²) < 4.78 is 33.7. The molecule has 0 heterocycles. The molecule has 0 radical (unpaired) electrons. The molecule has 1 unspecified atom stereocenters. The second-order valence-corrected chi connectivity index (χ2v) is 16.8. The number of nitrogens with zero attached hydrogens (tertiary/aromatic N) is 1. The molecule has 2 atom stereocenters. The number of phosphoric acid groups is 1. The molecule has 0 amide bonds. The second-order valence-electron chi connectivity index (χ2n) is 15.4. The molecule has 0 spiro atoms. The zero-order valence-electron chi connectivity index (χ0n) is 34.3. The Hall–Kier alpha value is -1.51. The molecule has 0 aliphatic rings. The lowest BCUT2D eigenvalue weighted by molar-refractivity contribution is -0.870. The van der Waals surface area contributed by atoms with Crippen LogP contribution in [0, 0.1) is 0 Å². The van der Waals surface area contributed by atoms with Gasteiger partial charge in [0.25, 0.3) is 7.82 Å². The van der Waals surface area contributed by atoms with E-state index in [4.69, 9.17) is 18.5 Å². The maximum atomic E-state index is 12.6. The summed E-state index contributed by atoms with van der Waals surface area (Å²) in [4.78, 5) is 37.3. The number of quaternary nitrogens is 1. The van der Waals surface area contributed by atoms with Gasteiger partial charge >= 0.3 is 11.9 Å². The Morgan fingerprint density at radius 2 is 1.06 bits per heavy atom. The largest absolute Gasteiger partial charge is 0.756 e. The highest BCUT2D eigenvalue weighted by atomic mass is 31.2. The van der Waals surface area contributed by atoms with Crippen molar-refractivity contribution < 1.29 is 42.1 Å². The SMILES string of the molecule is CCCCCCCC/C=C\CCCCCCCC(=O)O[C@H](COC(=O)/C=C\CCCCCCCCCCCCC)COP(=O)([O-])OCC[N+](C)(C)C. The van der Waals surface area contributed by atoms with Crippen molar-refractivity contribution in [3.8, 4) is 0 Å². The predicted molar refractivity (Wildman–Crippen MR) is 213 cm³/mol. The van der Waals surface area contributed by atoms with Crippen LogP contribution in [0.5, 0.6) is 0 Å². The molecule has 0 rings (SSSR count). The van der Waals surface area contributed by atoms with Crippen molar-refractivity contribution in [3.05, 3.63) is 24.3 Å². The number of esters is 2. The third kappa shape index (κ3) is 38.2. The topological polar surface area (TPSA) is 111 Å². The van der Waals surface area contributed by atoms with Crippen LogP contribution in [0.4, 0.5) is 0 Å². The molecule has 0 saturated carbocycles. The lowest BCUT2D eigenvalue weighted by atomic mass is 10.1. The van der Waals surface area contributed by atoms with Crippen molar-refractivity contribution in [2.75, 3.05) is 47.5 Å². The Bertz CT molecular complexity index is 949. The van der Waals surface area contributed by atoms with E-state index < -0.39 is 32.5 Å². The number of carbonyl (C=O) groups excluding carboxylic acids is 2. The third-order valence-electron chi connectivity index (χ3n) is 9.01. The van der Waals surface area contributed by atoms with E-state index in [1.165, 1.54) is 109 Å². The van der Waals surface area contributed by atoms with Crippen LogP contribution in [-0.4, -0.2) is 70.0 Å². The third-order valence-corrected chi connectivity index (χ3v) is 9.97. The number of unbranched alkanes of at least 4 members (excludes halogenated alkanes) is 22. The molecular formula is C42H80NO8P. The summed E-state index contributed by atoms with van der Waals surface area (Å²) in [6.07, 6.45) is 36.7. The van der Waals surface area contributed by atoms with Gasteiger partial charge in [-0.3, -0.25) is 9.36 Å². The van der Waals surface area contributed by atoms with Crippen molar-refractivity contribution in [2.24, 2.45) is 0 Å². The number of hydrogen-bond acceptors (Lipinski definition) is 8. The minimum atomic E-state index is -4.63. The van der Waals surface area contributed by atoms with Gasteiger partial charge in [-0.2, -0.15) is 0 Å². The van der Waals surface area contributed by atoms with Gasteiger partial charge in [0.05, 0.1) is 27.7 Å². The predicted octanol–water partition coefficient (Wildman–Crippen LogP) is 10.9. The minimum absolute atomic E-state index is 0.0386. The molecule has 0 aliphatic heterocycles. The van der Waals surface area contributed by atoms with Crippen LogP contribution in [0.1, 0.15) is 181 Å². The average molecular weight is 758 g/mol. The number of likely N-dealkylation sites (N-methyl/N-ethyl adjacent to an activating group) is 1. The van der Waals surface area contributed by atoms with Gasteiger partial charge in [0.15, 0.2) is 6.10 Å². The Labute approximate surface area is 319 Å². The van der Waals surface area contributed by atoms with Crippen LogP contribution in [0.25, 0.3) is 0 Å². The van der Waals surface area contributed by atoms with Gasteiger partial charge in [0.1, 0.15) is 19.8 Å². The van der Waals surface area contributed by atoms with E-state index in [1.807, 2.05) is 21.1 Å². The zero-order valence-corrected chi connectivity index (χ0v) is 35.2. The standard InChI is InChI=1S/C42H80NO8P/c1-6-8-10-12-14-16-18-20-21-23-25-27-29-31-33-35-42(45)51-40(39-50-52(46,47)49-37-36-43(3,4)5)38-48-41(44)34-32-30-28-26-24-22-19-17-15-13-11-9-7-2/h20-21,32,34,40H,6-19,22-31,33,35-39H2,1-5H3/b21-20-,34-32-/t40-/m1/s1. The van der Waals surface area contributed by atoms with Gasteiger partial charge in [-0.25, -0.2) is 4.79 Å². The van der Waals surface area contributed by atoms with Crippen molar-refractivity contribution in [2.45, 2.75) is 187 Å².